The Morgan fingerprint density at radius 1 is 1.41 bits per heavy atom. The number of amides is 1. The fourth-order valence-corrected chi connectivity index (χ4v) is 2.05. The number of aromatic nitrogens is 4. The van der Waals surface area contributed by atoms with Crippen LogP contribution in [0.4, 0.5) is 0 Å². The number of carboxylic acids is 1. The van der Waals surface area contributed by atoms with Crippen LogP contribution in [0.3, 0.4) is 0 Å². The molecule has 8 heteroatoms. The topological polar surface area (TPSA) is 102 Å². The molecule has 2 rings (SSSR count). The molecular formula is C14H19N5O3. The highest BCUT2D eigenvalue weighted by molar-refractivity contribution is 5.86. The molecule has 0 saturated heterocycles. The first-order valence-electron chi connectivity index (χ1n) is 6.99. The van der Waals surface area contributed by atoms with Gasteiger partial charge in [-0.3, -0.25) is 14.2 Å². The monoisotopic (exact) mass is 305 g/mol. The van der Waals surface area contributed by atoms with Crippen LogP contribution in [0.1, 0.15) is 29.4 Å². The number of aromatic carboxylic acids is 1. The van der Waals surface area contributed by atoms with Crippen molar-refractivity contribution in [2.75, 3.05) is 0 Å². The number of hydrogen-bond donors (Lipinski definition) is 2. The number of hydrogen-bond acceptors (Lipinski definition) is 4. The molecule has 0 spiro atoms. The highest BCUT2D eigenvalue weighted by atomic mass is 16.4. The second-order valence-corrected chi connectivity index (χ2v) is 5.19. The minimum absolute atomic E-state index is 0.0426. The zero-order valence-electron chi connectivity index (χ0n) is 12.6. The summed E-state index contributed by atoms with van der Waals surface area (Å²) in [5.74, 6) is -1.14. The van der Waals surface area contributed by atoms with Crippen molar-refractivity contribution in [1.82, 2.24) is 24.9 Å². The Morgan fingerprint density at radius 2 is 2.18 bits per heavy atom. The molecule has 1 unspecified atom stereocenters. The summed E-state index contributed by atoms with van der Waals surface area (Å²) < 4.78 is 3.23. The van der Waals surface area contributed by atoms with Crippen LogP contribution in [0.15, 0.2) is 24.7 Å². The summed E-state index contributed by atoms with van der Waals surface area (Å²) in [7, 11) is 0. The Bertz CT molecular complexity index is 661. The van der Waals surface area contributed by atoms with E-state index < -0.39 is 5.97 Å². The van der Waals surface area contributed by atoms with Crippen molar-refractivity contribution in [3.63, 3.8) is 0 Å². The van der Waals surface area contributed by atoms with E-state index in [1.54, 1.807) is 4.68 Å². The van der Waals surface area contributed by atoms with Gasteiger partial charge in [-0.25, -0.2) is 4.79 Å². The SMILES string of the molecule is Cc1ccn(CC(C)NC(=O)CCn2cc(C(=O)O)cn2)n1. The van der Waals surface area contributed by atoms with E-state index >= 15 is 0 Å². The second kappa shape index (κ2) is 6.88. The van der Waals surface area contributed by atoms with Crippen LogP contribution >= 0.6 is 0 Å². The Balaban J connectivity index is 1.76. The molecule has 2 heterocycles. The molecule has 1 atom stereocenters. The highest BCUT2D eigenvalue weighted by Crippen LogP contribution is 2.00. The van der Waals surface area contributed by atoms with E-state index in [0.717, 1.165) is 5.69 Å². The van der Waals surface area contributed by atoms with Gasteiger partial charge in [0, 0.05) is 31.4 Å². The molecular weight excluding hydrogens is 286 g/mol. The summed E-state index contributed by atoms with van der Waals surface area (Å²) >= 11 is 0. The molecule has 1 amide bonds. The predicted molar refractivity (Wildman–Crippen MR) is 78.4 cm³/mol. The lowest BCUT2D eigenvalue weighted by atomic mass is 10.3. The normalized spacial score (nSPS) is 12.1. The standard InChI is InChI=1S/C14H19N5O3/c1-10-3-5-19(17-10)8-11(2)16-13(20)4-6-18-9-12(7-15-18)14(21)22/h3,5,7,9,11H,4,6,8H2,1-2H3,(H,16,20)(H,21,22). The fourth-order valence-electron chi connectivity index (χ4n) is 2.05. The zero-order chi connectivity index (χ0) is 16.1. The van der Waals surface area contributed by atoms with E-state index in [4.69, 9.17) is 5.11 Å². The highest BCUT2D eigenvalue weighted by Gasteiger charge is 2.10. The van der Waals surface area contributed by atoms with Gasteiger partial charge in [-0.2, -0.15) is 10.2 Å². The van der Waals surface area contributed by atoms with Crippen molar-refractivity contribution in [1.29, 1.82) is 0 Å². The summed E-state index contributed by atoms with van der Waals surface area (Å²) in [5, 5.41) is 19.8. The molecule has 118 valence electrons. The lowest BCUT2D eigenvalue weighted by molar-refractivity contribution is -0.122. The summed E-state index contributed by atoms with van der Waals surface area (Å²) in [6.45, 7) is 4.76. The van der Waals surface area contributed by atoms with Crippen LogP contribution in [0, 0.1) is 6.92 Å². The molecule has 0 radical (unpaired) electrons. The molecule has 8 nitrogen and oxygen atoms in total. The number of carbonyl (C=O) groups excluding carboxylic acids is 1. The van der Waals surface area contributed by atoms with Gasteiger partial charge in [0.05, 0.1) is 24.0 Å². The van der Waals surface area contributed by atoms with E-state index in [1.807, 2.05) is 26.1 Å². The molecule has 22 heavy (non-hydrogen) atoms. The lowest BCUT2D eigenvalue weighted by Crippen LogP contribution is -2.36. The van der Waals surface area contributed by atoms with E-state index in [1.165, 1.54) is 17.1 Å². The average molecular weight is 305 g/mol. The average Bonchev–Trinajstić information content (AvgIpc) is 3.05. The fraction of sp³-hybridized carbons (Fsp3) is 0.429. The van der Waals surface area contributed by atoms with Gasteiger partial charge in [0.2, 0.25) is 5.91 Å². The Labute approximate surface area is 127 Å². The maximum absolute atomic E-state index is 11.9. The third-order valence-corrected chi connectivity index (χ3v) is 3.09. The van der Waals surface area contributed by atoms with Crippen LogP contribution < -0.4 is 5.32 Å². The summed E-state index contributed by atoms with van der Waals surface area (Å²) in [6, 6.07) is 1.87. The molecule has 2 N–H and O–H groups in total. The van der Waals surface area contributed by atoms with Gasteiger partial charge in [0.1, 0.15) is 0 Å². The van der Waals surface area contributed by atoms with Crippen molar-refractivity contribution in [3.8, 4) is 0 Å². The summed E-state index contributed by atoms with van der Waals surface area (Å²) in [6.07, 6.45) is 4.78. The van der Waals surface area contributed by atoms with Gasteiger partial charge >= 0.3 is 5.97 Å². The molecule has 2 aromatic heterocycles. The molecule has 0 aromatic carbocycles. The molecule has 0 saturated carbocycles. The van der Waals surface area contributed by atoms with E-state index in [-0.39, 0.29) is 23.9 Å². The van der Waals surface area contributed by atoms with Crippen LogP contribution in [-0.2, 0) is 17.9 Å². The van der Waals surface area contributed by atoms with Crippen LogP contribution in [-0.4, -0.2) is 42.6 Å². The second-order valence-electron chi connectivity index (χ2n) is 5.19. The molecule has 0 aliphatic rings. The Kier molecular flexibility index (Phi) is 4.92. The van der Waals surface area contributed by atoms with Crippen molar-refractivity contribution in [3.05, 3.63) is 35.9 Å². The van der Waals surface area contributed by atoms with Gasteiger partial charge in [-0.05, 0) is 19.9 Å². The number of carbonyl (C=O) groups is 2. The number of rotatable bonds is 7. The third kappa shape index (κ3) is 4.44. The first-order chi connectivity index (χ1) is 10.4. The van der Waals surface area contributed by atoms with Gasteiger partial charge in [0.15, 0.2) is 0 Å². The lowest BCUT2D eigenvalue weighted by Gasteiger charge is -2.14. The van der Waals surface area contributed by atoms with Gasteiger partial charge in [-0.15, -0.1) is 0 Å². The van der Waals surface area contributed by atoms with Gasteiger partial charge < -0.3 is 10.4 Å². The van der Waals surface area contributed by atoms with Crippen molar-refractivity contribution < 1.29 is 14.7 Å². The largest absolute Gasteiger partial charge is 0.478 e. The van der Waals surface area contributed by atoms with Crippen molar-refractivity contribution >= 4 is 11.9 Å². The van der Waals surface area contributed by atoms with E-state index in [0.29, 0.717) is 13.1 Å². The van der Waals surface area contributed by atoms with Crippen LogP contribution in [0.25, 0.3) is 0 Å². The molecule has 2 aromatic rings. The van der Waals surface area contributed by atoms with Crippen LogP contribution in [0.2, 0.25) is 0 Å². The number of aryl methyl sites for hydroxylation is 2. The first kappa shape index (κ1) is 15.7. The summed E-state index contributed by atoms with van der Waals surface area (Å²) in [5.41, 5.74) is 1.05. The van der Waals surface area contributed by atoms with Crippen molar-refractivity contribution in [2.45, 2.75) is 39.4 Å². The minimum atomic E-state index is -1.03. The minimum Gasteiger partial charge on any atom is -0.478 e. The molecule has 0 fully saturated rings. The summed E-state index contributed by atoms with van der Waals surface area (Å²) in [4.78, 5) is 22.6. The number of nitrogens with zero attached hydrogens (tertiary/aromatic N) is 4. The maximum Gasteiger partial charge on any atom is 0.338 e. The smallest absolute Gasteiger partial charge is 0.338 e. The van der Waals surface area contributed by atoms with E-state index in [2.05, 4.69) is 15.5 Å². The van der Waals surface area contributed by atoms with Crippen molar-refractivity contribution in [2.24, 2.45) is 0 Å². The van der Waals surface area contributed by atoms with E-state index in [9.17, 15) is 9.59 Å². The molecule has 0 aliphatic carbocycles. The zero-order valence-corrected chi connectivity index (χ0v) is 12.6. The Morgan fingerprint density at radius 3 is 2.77 bits per heavy atom. The number of carboxylic acid groups (broad SMARTS) is 1. The van der Waals surface area contributed by atoms with Gasteiger partial charge in [-0.1, -0.05) is 0 Å². The molecule has 0 bridgehead atoms. The predicted octanol–water partition coefficient (Wildman–Crippen LogP) is 0.681. The first-order valence-corrected chi connectivity index (χ1v) is 6.99. The quantitative estimate of drug-likeness (QED) is 0.783. The maximum atomic E-state index is 11.9. The molecule has 0 aliphatic heterocycles. The third-order valence-electron chi connectivity index (χ3n) is 3.09. The Hall–Kier alpha value is -2.64. The van der Waals surface area contributed by atoms with Gasteiger partial charge in [0.25, 0.3) is 0 Å². The number of nitrogens with one attached hydrogen (secondary N) is 1. The van der Waals surface area contributed by atoms with Crippen LogP contribution in [0.5, 0.6) is 0 Å².